The quantitative estimate of drug-likeness (QED) is 0.642. The second-order valence-electron chi connectivity index (χ2n) is 5.91. The van der Waals surface area contributed by atoms with E-state index in [1.807, 2.05) is 86.6 Å². The fourth-order valence-corrected chi connectivity index (χ4v) is 4.66. The van der Waals surface area contributed by atoms with E-state index >= 15 is 0 Å². The van der Waals surface area contributed by atoms with Gasteiger partial charge in [-0.3, -0.25) is 0 Å². The summed E-state index contributed by atoms with van der Waals surface area (Å²) in [5.41, 5.74) is 3.13. The minimum Gasteiger partial charge on any atom is -0.235 e. The Morgan fingerprint density at radius 3 is 1.80 bits per heavy atom. The Kier molecular flexibility index (Phi) is 4.91. The summed E-state index contributed by atoms with van der Waals surface area (Å²) in [7, 11) is -3.73. The zero-order valence-electron chi connectivity index (χ0n) is 14.4. The first-order valence-corrected chi connectivity index (χ1v) is 9.73. The van der Waals surface area contributed by atoms with Gasteiger partial charge in [-0.1, -0.05) is 61.0 Å². The molecule has 25 heavy (non-hydrogen) atoms. The van der Waals surface area contributed by atoms with Crippen LogP contribution in [0.15, 0.2) is 83.8 Å². The molecule has 0 aromatic heterocycles. The van der Waals surface area contributed by atoms with Crippen LogP contribution in [0, 0.1) is 6.92 Å². The van der Waals surface area contributed by atoms with E-state index in [2.05, 4.69) is 0 Å². The van der Waals surface area contributed by atoms with E-state index in [-0.39, 0.29) is 0 Å². The van der Waals surface area contributed by atoms with Crippen LogP contribution in [0.5, 0.6) is 0 Å². The van der Waals surface area contributed by atoms with Crippen LogP contribution in [0.2, 0.25) is 0 Å². The molecule has 0 aliphatic heterocycles. The molecule has 0 unspecified atom stereocenters. The predicted molar refractivity (Wildman–Crippen MR) is 103 cm³/mol. The summed E-state index contributed by atoms with van der Waals surface area (Å²) in [6, 6.07) is 23.9. The number of anilines is 2. The Balaban J connectivity index is 2.23. The molecule has 3 nitrogen and oxygen atoms in total. The van der Waals surface area contributed by atoms with E-state index < -0.39 is 10.0 Å². The number of sulfonamides is 1. The first kappa shape index (κ1) is 17.2. The van der Waals surface area contributed by atoms with Gasteiger partial charge < -0.3 is 0 Å². The van der Waals surface area contributed by atoms with Gasteiger partial charge in [-0.05, 0) is 49.2 Å². The van der Waals surface area contributed by atoms with E-state index in [1.165, 1.54) is 4.31 Å². The van der Waals surface area contributed by atoms with E-state index in [9.17, 15) is 8.42 Å². The highest BCUT2D eigenvalue weighted by Gasteiger charge is 2.28. The Bertz CT molecular complexity index is 912. The first-order valence-electron chi connectivity index (χ1n) is 8.29. The number of nitrogens with zero attached hydrogens (tertiary/aromatic N) is 1. The van der Waals surface area contributed by atoms with Crippen LogP contribution >= 0.6 is 0 Å². The Labute approximate surface area is 149 Å². The average Bonchev–Trinajstić information content (AvgIpc) is 2.63. The number of aryl methyl sites for hydroxylation is 2. The maximum atomic E-state index is 13.6. The molecule has 0 aliphatic rings. The van der Waals surface area contributed by atoms with Crippen molar-refractivity contribution >= 4 is 21.4 Å². The smallest absolute Gasteiger partial charge is 0.235 e. The van der Waals surface area contributed by atoms with Crippen LogP contribution in [0.3, 0.4) is 0 Å². The first-order chi connectivity index (χ1) is 12.0. The second kappa shape index (κ2) is 7.11. The van der Waals surface area contributed by atoms with Crippen molar-refractivity contribution in [2.75, 3.05) is 4.31 Å². The molecule has 0 bridgehead atoms. The highest BCUT2D eigenvalue weighted by Crippen LogP contribution is 2.33. The predicted octanol–water partition coefficient (Wildman–Crippen LogP) is 5.08. The van der Waals surface area contributed by atoms with Crippen molar-refractivity contribution in [3.63, 3.8) is 0 Å². The molecule has 0 saturated carbocycles. The third-order valence-corrected chi connectivity index (χ3v) is 5.95. The van der Waals surface area contributed by atoms with Crippen molar-refractivity contribution in [2.24, 2.45) is 0 Å². The molecular formula is C21H21NO2S. The maximum absolute atomic E-state index is 13.6. The summed E-state index contributed by atoms with van der Waals surface area (Å²) >= 11 is 0. The Morgan fingerprint density at radius 1 is 0.800 bits per heavy atom. The molecular weight excluding hydrogens is 330 g/mol. The zero-order valence-corrected chi connectivity index (χ0v) is 15.2. The summed E-state index contributed by atoms with van der Waals surface area (Å²) in [5.74, 6) is 0. The molecule has 3 aromatic rings. The fraction of sp³-hybridized carbons (Fsp3) is 0.143. The molecule has 3 rings (SSSR count). The molecule has 0 atom stereocenters. The van der Waals surface area contributed by atoms with Crippen molar-refractivity contribution in [1.82, 2.24) is 0 Å². The van der Waals surface area contributed by atoms with Crippen LogP contribution in [0.25, 0.3) is 0 Å². The Hall–Kier alpha value is -2.59. The third kappa shape index (κ3) is 3.44. The van der Waals surface area contributed by atoms with Gasteiger partial charge in [0.2, 0.25) is 0 Å². The normalized spacial score (nSPS) is 11.3. The van der Waals surface area contributed by atoms with Crippen LogP contribution in [0.4, 0.5) is 11.4 Å². The van der Waals surface area contributed by atoms with Gasteiger partial charge in [0, 0.05) is 0 Å². The molecule has 0 N–H and O–H groups in total. The van der Waals surface area contributed by atoms with Gasteiger partial charge in [-0.15, -0.1) is 0 Å². The molecule has 3 aromatic carbocycles. The lowest BCUT2D eigenvalue weighted by molar-refractivity contribution is 0.595. The molecule has 0 aliphatic carbocycles. The van der Waals surface area contributed by atoms with Crippen LogP contribution in [0.1, 0.15) is 18.1 Å². The van der Waals surface area contributed by atoms with Crippen molar-refractivity contribution in [2.45, 2.75) is 25.2 Å². The van der Waals surface area contributed by atoms with Gasteiger partial charge in [0.15, 0.2) is 0 Å². The molecule has 0 amide bonds. The molecule has 0 heterocycles. The van der Waals surface area contributed by atoms with Crippen LogP contribution in [-0.4, -0.2) is 8.42 Å². The van der Waals surface area contributed by atoms with Gasteiger partial charge in [0.1, 0.15) is 0 Å². The van der Waals surface area contributed by atoms with Crippen molar-refractivity contribution < 1.29 is 8.42 Å². The fourth-order valence-electron chi connectivity index (χ4n) is 2.89. The number of hydrogen-bond acceptors (Lipinski definition) is 2. The SMILES string of the molecule is CCc1cc(C)ccc1S(=O)(=O)N(c1ccccc1)c1ccccc1. The van der Waals surface area contributed by atoms with Crippen LogP contribution in [-0.2, 0) is 16.4 Å². The second-order valence-corrected chi connectivity index (χ2v) is 7.66. The highest BCUT2D eigenvalue weighted by molar-refractivity contribution is 7.93. The van der Waals surface area contributed by atoms with Crippen molar-refractivity contribution in [1.29, 1.82) is 0 Å². The molecule has 0 spiro atoms. The van der Waals surface area contributed by atoms with Gasteiger partial charge in [0.05, 0.1) is 16.3 Å². The lowest BCUT2D eigenvalue weighted by Crippen LogP contribution is -2.27. The van der Waals surface area contributed by atoms with Gasteiger partial charge >= 0.3 is 0 Å². The minimum atomic E-state index is -3.73. The number of rotatable bonds is 5. The van der Waals surface area contributed by atoms with Gasteiger partial charge in [-0.2, -0.15) is 0 Å². The van der Waals surface area contributed by atoms with E-state index in [0.717, 1.165) is 11.1 Å². The number of para-hydroxylation sites is 2. The molecule has 0 saturated heterocycles. The highest BCUT2D eigenvalue weighted by atomic mass is 32.2. The zero-order chi connectivity index (χ0) is 17.9. The largest absolute Gasteiger partial charge is 0.268 e. The summed E-state index contributed by atoms with van der Waals surface area (Å²) in [4.78, 5) is 0.355. The maximum Gasteiger partial charge on any atom is 0.268 e. The van der Waals surface area contributed by atoms with Gasteiger partial charge in [0.25, 0.3) is 10.0 Å². The summed E-state index contributed by atoms with van der Waals surface area (Å²) < 4.78 is 28.5. The summed E-state index contributed by atoms with van der Waals surface area (Å²) in [6.45, 7) is 3.95. The minimum absolute atomic E-state index is 0.355. The summed E-state index contributed by atoms with van der Waals surface area (Å²) in [6.07, 6.45) is 0.660. The number of hydrogen-bond donors (Lipinski definition) is 0. The van der Waals surface area contributed by atoms with E-state index in [1.54, 1.807) is 6.07 Å². The van der Waals surface area contributed by atoms with E-state index in [0.29, 0.717) is 22.7 Å². The average molecular weight is 351 g/mol. The molecule has 128 valence electrons. The van der Waals surface area contributed by atoms with Crippen LogP contribution < -0.4 is 4.31 Å². The third-order valence-electron chi connectivity index (χ3n) is 4.10. The molecule has 0 radical (unpaired) electrons. The Morgan fingerprint density at radius 2 is 1.32 bits per heavy atom. The van der Waals surface area contributed by atoms with Gasteiger partial charge in [-0.25, -0.2) is 12.7 Å². The lowest BCUT2D eigenvalue weighted by Gasteiger charge is -2.25. The molecule has 4 heteroatoms. The standard InChI is InChI=1S/C21H21NO2S/c1-3-18-16-17(2)14-15-21(18)25(23,24)22(19-10-6-4-7-11-19)20-12-8-5-9-13-20/h4-16H,3H2,1-2H3. The van der Waals surface area contributed by atoms with Crippen molar-refractivity contribution in [3.05, 3.63) is 90.0 Å². The lowest BCUT2D eigenvalue weighted by atomic mass is 10.1. The summed E-state index contributed by atoms with van der Waals surface area (Å²) in [5, 5.41) is 0. The molecule has 0 fully saturated rings. The number of benzene rings is 3. The van der Waals surface area contributed by atoms with Crippen molar-refractivity contribution in [3.8, 4) is 0 Å². The topological polar surface area (TPSA) is 37.4 Å². The monoisotopic (exact) mass is 351 g/mol. The van der Waals surface area contributed by atoms with E-state index in [4.69, 9.17) is 0 Å².